The number of amides is 2. The van der Waals surface area contributed by atoms with Crippen LogP contribution in [-0.2, 0) is 19.1 Å². The Bertz CT molecular complexity index is 367. The minimum Gasteiger partial charge on any atom is -0.468 e. The van der Waals surface area contributed by atoms with E-state index in [-0.39, 0.29) is 23.8 Å². The van der Waals surface area contributed by atoms with Gasteiger partial charge in [0.1, 0.15) is 6.04 Å². The van der Waals surface area contributed by atoms with Crippen LogP contribution in [0.4, 0.5) is 0 Å². The van der Waals surface area contributed by atoms with Gasteiger partial charge in [0, 0.05) is 25.9 Å². The van der Waals surface area contributed by atoms with Gasteiger partial charge in [-0.1, -0.05) is 6.42 Å². The van der Waals surface area contributed by atoms with E-state index in [9.17, 15) is 14.4 Å². The predicted octanol–water partition coefficient (Wildman–Crippen LogP) is 0.163. The van der Waals surface area contributed by atoms with Crippen LogP contribution >= 0.6 is 0 Å². The molecular formula is C13H20N2O4. The third-order valence-electron chi connectivity index (χ3n) is 3.85. The normalized spacial score (nSPS) is 24.9. The standard InChI is InChI=1S/C13H20N2O4/c1-19-13(18)10-4-2-3-7-14(10)8-9-15-11(16)5-6-12(15)17/h10H,2-9H2,1H3. The van der Waals surface area contributed by atoms with Crippen molar-refractivity contribution >= 4 is 17.8 Å². The highest BCUT2D eigenvalue weighted by molar-refractivity contribution is 6.01. The predicted molar refractivity (Wildman–Crippen MR) is 67.2 cm³/mol. The van der Waals surface area contributed by atoms with E-state index in [1.54, 1.807) is 0 Å². The molecule has 0 saturated carbocycles. The second kappa shape index (κ2) is 6.14. The number of imide groups is 1. The van der Waals surface area contributed by atoms with Crippen molar-refractivity contribution in [1.82, 2.24) is 9.80 Å². The number of carbonyl (C=O) groups is 3. The fourth-order valence-electron chi connectivity index (χ4n) is 2.76. The molecule has 0 bridgehead atoms. The Hall–Kier alpha value is -1.43. The number of nitrogens with zero attached hydrogens (tertiary/aromatic N) is 2. The number of likely N-dealkylation sites (tertiary alicyclic amines) is 2. The van der Waals surface area contributed by atoms with Crippen molar-refractivity contribution in [3.05, 3.63) is 0 Å². The molecule has 0 aromatic heterocycles. The molecule has 6 nitrogen and oxygen atoms in total. The lowest BCUT2D eigenvalue weighted by atomic mass is 10.0. The van der Waals surface area contributed by atoms with Crippen molar-refractivity contribution in [3.8, 4) is 0 Å². The number of esters is 1. The molecule has 19 heavy (non-hydrogen) atoms. The van der Waals surface area contributed by atoms with E-state index >= 15 is 0 Å². The van der Waals surface area contributed by atoms with E-state index in [4.69, 9.17) is 4.74 Å². The van der Waals surface area contributed by atoms with Crippen LogP contribution in [0.2, 0.25) is 0 Å². The first kappa shape index (κ1) is 14.0. The third kappa shape index (κ3) is 3.12. The summed E-state index contributed by atoms with van der Waals surface area (Å²) >= 11 is 0. The molecule has 0 N–H and O–H groups in total. The van der Waals surface area contributed by atoms with Crippen LogP contribution in [0.1, 0.15) is 32.1 Å². The zero-order chi connectivity index (χ0) is 13.8. The lowest BCUT2D eigenvalue weighted by Crippen LogP contribution is -2.48. The second-order valence-electron chi connectivity index (χ2n) is 5.01. The van der Waals surface area contributed by atoms with Gasteiger partial charge in [-0.15, -0.1) is 0 Å². The van der Waals surface area contributed by atoms with E-state index in [0.29, 0.717) is 25.9 Å². The van der Waals surface area contributed by atoms with Crippen molar-refractivity contribution in [2.24, 2.45) is 0 Å². The summed E-state index contributed by atoms with van der Waals surface area (Å²) in [6.07, 6.45) is 3.47. The SMILES string of the molecule is COC(=O)C1CCCCN1CCN1C(=O)CCC1=O. The highest BCUT2D eigenvalue weighted by Gasteiger charge is 2.32. The summed E-state index contributed by atoms with van der Waals surface area (Å²) < 4.78 is 4.81. The average Bonchev–Trinajstić information content (AvgIpc) is 2.75. The molecule has 2 fully saturated rings. The van der Waals surface area contributed by atoms with Crippen LogP contribution in [0.15, 0.2) is 0 Å². The van der Waals surface area contributed by atoms with Gasteiger partial charge in [0.15, 0.2) is 0 Å². The molecule has 0 aromatic rings. The summed E-state index contributed by atoms with van der Waals surface area (Å²) in [5, 5.41) is 0. The van der Waals surface area contributed by atoms with E-state index in [1.807, 2.05) is 4.90 Å². The molecule has 106 valence electrons. The average molecular weight is 268 g/mol. The zero-order valence-corrected chi connectivity index (χ0v) is 11.3. The Morgan fingerprint density at radius 3 is 2.53 bits per heavy atom. The highest BCUT2D eigenvalue weighted by atomic mass is 16.5. The second-order valence-corrected chi connectivity index (χ2v) is 5.01. The summed E-state index contributed by atoms with van der Waals surface area (Å²) in [4.78, 5) is 38.1. The van der Waals surface area contributed by atoms with E-state index in [2.05, 4.69) is 0 Å². The Morgan fingerprint density at radius 1 is 1.21 bits per heavy atom. The number of carbonyl (C=O) groups excluding carboxylic acids is 3. The maximum atomic E-state index is 11.7. The van der Waals surface area contributed by atoms with Gasteiger partial charge in [0.2, 0.25) is 11.8 Å². The quantitative estimate of drug-likeness (QED) is 0.537. The van der Waals surface area contributed by atoms with E-state index in [0.717, 1.165) is 25.8 Å². The third-order valence-corrected chi connectivity index (χ3v) is 3.85. The van der Waals surface area contributed by atoms with Crippen molar-refractivity contribution in [2.45, 2.75) is 38.1 Å². The molecular weight excluding hydrogens is 248 g/mol. The fraction of sp³-hybridized carbons (Fsp3) is 0.769. The molecule has 2 rings (SSSR count). The first-order valence-electron chi connectivity index (χ1n) is 6.78. The summed E-state index contributed by atoms with van der Waals surface area (Å²) in [5.74, 6) is -0.424. The molecule has 0 aromatic carbocycles. The summed E-state index contributed by atoms with van der Waals surface area (Å²) in [7, 11) is 1.39. The number of rotatable bonds is 4. The van der Waals surface area contributed by atoms with Crippen LogP contribution in [0.25, 0.3) is 0 Å². The minimum atomic E-state index is -0.230. The molecule has 0 spiro atoms. The van der Waals surface area contributed by atoms with Crippen molar-refractivity contribution in [2.75, 3.05) is 26.7 Å². The molecule has 6 heteroatoms. The number of ether oxygens (including phenoxy) is 1. The minimum absolute atomic E-state index is 0.100. The summed E-state index contributed by atoms with van der Waals surface area (Å²) in [6, 6.07) is -0.230. The largest absolute Gasteiger partial charge is 0.468 e. The molecule has 2 saturated heterocycles. The lowest BCUT2D eigenvalue weighted by Gasteiger charge is -2.34. The molecule has 2 amide bonds. The van der Waals surface area contributed by atoms with Gasteiger partial charge in [0.25, 0.3) is 0 Å². The van der Waals surface area contributed by atoms with Crippen molar-refractivity contribution in [3.63, 3.8) is 0 Å². The number of hydrogen-bond donors (Lipinski definition) is 0. The Balaban J connectivity index is 1.91. The number of methoxy groups -OCH3 is 1. The molecule has 2 heterocycles. The van der Waals surface area contributed by atoms with E-state index < -0.39 is 0 Å². The smallest absolute Gasteiger partial charge is 0.323 e. The molecule has 0 radical (unpaired) electrons. The van der Waals surface area contributed by atoms with Crippen LogP contribution in [0, 0.1) is 0 Å². The van der Waals surface area contributed by atoms with Gasteiger partial charge in [-0.25, -0.2) is 0 Å². The monoisotopic (exact) mass is 268 g/mol. The molecule has 1 atom stereocenters. The lowest BCUT2D eigenvalue weighted by molar-refractivity contribution is -0.148. The first-order valence-corrected chi connectivity index (χ1v) is 6.78. The molecule has 2 aliphatic heterocycles. The molecule has 2 aliphatic rings. The van der Waals surface area contributed by atoms with Crippen molar-refractivity contribution < 1.29 is 19.1 Å². The summed E-state index contributed by atoms with van der Waals surface area (Å²) in [5.41, 5.74) is 0. The van der Waals surface area contributed by atoms with Crippen molar-refractivity contribution in [1.29, 1.82) is 0 Å². The topological polar surface area (TPSA) is 66.9 Å². The van der Waals surface area contributed by atoms with Crippen LogP contribution in [0.3, 0.4) is 0 Å². The van der Waals surface area contributed by atoms with Crippen LogP contribution < -0.4 is 0 Å². The number of piperidine rings is 1. The zero-order valence-electron chi connectivity index (χ0n) is 11.3. The molecule has 0 aliphatic carbocycles. The van der Waals surface area contributed by atoms with Crippen LogP contribution in [-0.4, -0.2) is 60.4 Å². The van der Waals surface area contributed by atoms with Gasteiger partial charge in [0.05, 0.1) is 7.11 Å². The summed E-state index contributed by atoms with van der Waals surface area (Å²) in [6.45, 7) is 1.75. The van der Waals surface area contributed by atoms with E-state index in [1.165, 1.54) is 12.0 Å². The van der Waals surface area contributed by atoms with Gasteiger partial charge in [-0.2, -0.15) is 0 Å². The Morgan fingerprint density at radius 2 is 1.89 bits per heavy atom. The maximum Gasteiger partial charge on any atom is 0.323 e. The van der Waals surface area contributed by atoms with Gasteiger partial charge in [-0.3, -0.25) is 24.2 Å². The van der Waals surface area contributed by atoms with Crippen LogP contribution in [0.5, 0.6) is 0 Å². The fourth-order valence-corrected chi connectivity index (χ4v) is 2.76. The highest BCUT2D eigenvalue weighted by Crippen LogP contribution is 2.19. The number of hydrogen-bond acceptors (Lipinski definition) is 5. The molecule has 1 unspecified atom stereocenters. The Kier molecular flexibility index (Phi) is 4.52. The van der Waals surface area contributed by atoms with Gasteiger partial charge in [-0.05, 0) is 19.4 Å². The Labute approximate surface area is 112 Å². The van der Waals surface area contributed by atoms with Gasteiger partial charge >= 0.3 is 5.97 Å². The van der Waals surface area contributed by atoms with Gasteiger partial charge < -0.3 is 4.74 Å². The first-order chi connectivity index (χ1) is 9.13. The maximum absolute atomic E-state index is 11.7.